The number of carbonyl (C=O) groups excluding carboxylic acids is 2. The number of rotatable bonds is 7. The average Bonchev–Trinajstić information content (AvgIpc) is 3.16. The van der Waals surface area contributed by atoms with E-state index in [-0.39, 0.29) is 17.9 Å². The van der Waals surface area contributed by atoms with Gasteiger partial charge in [-0.1, -0.05) is 18.2 Å². The molecule has 1 aliphatic rings. The molecule has 3 rings (SSSR count). The molecule has 0 unspecified atom stereocenters. The molecule has 6 nitrogen and oxygen atoms in total. The van der Waals surface area contributed by atoms with E-state index < -0.39 is 0 Å². The fraction of sp³-hybridized carbons (Fsp3) is 0.333. The first-order chi connectivity index (χ1) is 13.2. The number of hydrogen-bond donors (Lipinski definition) is 2. The van der Waals surface area contributed by atoms with Gasteiger partial charge in [-0.05, 0) is 50.1 Å². The maximum Gasteiger partial charge on any atom is 0.255 e. The lowest BCUT2D eigenvalue weighted by Crippen LogP contribution is -2.19. The minimum atomic E-state index is -0.266. The summed E-state index contributed by atoms with van der Waals surface area (Å²) in [5.74, 6) is 0.243. The van der Waals surface area contributed by atoms with E-state index in [1.54, 1.807) is 36.4 Å². The highest BCUT2D eigenvalue weighted by Gasteiger charge is 2.19. The second-order valence-corrected chi connectivity index (χ2v) is 6.35. The molecule has 0 aromatic heterocycles. The van der Waals surface area contributed by atoms with Crippen LogP contribution in [0, 0.1) is 0 Å². The highest BCUT2D eigenvalue weighted by molar-refractivity contribution is 6.06. The lowest BCUT2D eigenvalue weighted by atomic mass is 10.1. The second-order valence-electron chi connectivity index (χ2n) is 6.35. The van der Waals surface area contributed by atoms with Crippen molar-refractivity contribution in [2.75, 3.05) is 23.8 Å². The smallest absolute Gasteiger partial charge is 0.255 e. The standard InChI is InChI=1S/C21H24N2O4/c1-2-26-19-11-4-3-10-18(19)23-21(25)15-7-5-8-16(13-15)22-20(24)14-17-9-6-12-27-17/h3-5,7-8,10-11,13,17H,2,6,9,12,14H2,1H3,(H,22,24)(H,23,25)/t17-/m0/s1. The van der Waals surface area contributed by atoms with Crippen molar-refractivity contribution in [1.29, 1.82) is 0 Å². The minimum Gasteiger partial charge on any atom is -0.492 e. The van der Waals surface area contributed by atoms with Crippen LogP contribution in [0.3, 0.4) is 0 Å². The fourth-order valence-electron chi connectivity index (χ4n) is 3.01. The van der Waals surface area contributed by atoms with Gasteiger partial charge in [0.15, 0.2) is 0 Å². The Morgan fingerprint density at radius 3 is 2.78 bits per heavy atom. The second kappa shape index (κ2) is 9.19. The van der Waals surface area contributed by atoms with Crippen LogP contribution in [0.2, 0.25) is 0 Å². The summed E-state index contributed by atoms with van der Waals surface area (Å²) < 4.78 is 11.0. The Kier molecular flexibility index (Phi) is 6.44. The number of anilines is 2. The zero-order chi connectivity index (χ0) is 19.1. The number of carbonyl (C=O) groups is 2. The van der Waals surface area contributed by atoms with E-state index in [1.807, 2.05) is 19.1 Å². The summed E-state index contributed by atoms with van der Waals surface area (Å²) in [5, 5.41) is 5.69. The molecule has 27 heavy (non-hydrogen) atoms. The molecular weight excluding hydrogens is 344 g/mol. The fourth-order valence-corrected chi connectivity index (χ4v) is 3.01. The van der Waals surface area contributed by atoms with Gasteiger partial charge in [-0.3, -0.25) is 9.59 Å². The van der Waals surface area contributed by atoms with Crippen LogP contribution in [-0.4, -0.2) is 31.1 Å². The van der Waals surface area contributed by atoms with Crippen LogP contribution < -0.4 is 15.4 Å². The number of para-hydroxylation sites is 2. The Hall–Kier alpha value is -2.86. The summed E-state index contributed by atoms with van der Waals surface area (Å²) >= 11 is 0. The topological polar surface area (TPSA) is 76.7 Å². The van der Waals surface area contributed by atoms with Crippen molar-refractivity contribution in [3.63, 3.8) is 0 Å². The molecular formula is C21H24N2O4. The SMILES string of the molecule is CCOc1ccccc1NC(=O)c1cccc(NC(=O)C[C@@H]2CCCO2)c1. The predicted octanol–water partition coefficient (Wildman–Crippen LogP) is 3.85. The molecule has 2 amide bonds. The van der Waals surface area contributed by atoms with Crippen LogP contribution in [0.15, 0.2) is 48.5 Å². The molecule has 1 heterocycles. The van der Waals surface area contributed by atoms with Crippen molar-refractivity contribution < 1.29 is 19.1 Å². The summed E-state index contributed by atoms with van der Waals surface area (Å²) in [7, 11) is 0. The molecule has 1 fully saturated rings. The van der Waals surface area contributed by atoms with Crippen LogP contribution in [0.25, 0.3) is 0 Å². The van der Waals surface area contributed by atoms with E-state index in [0.717, 1.165) is 19.4 Å². The van der Waals surface area contributed by atoms with Crippen LogP contribution in [0.4, 0.5) is 11.4 Å². The number of nitrogens with one attached hydrogen (secondary N) is 2. The molecule has 0 aliphatic carbocycles. The molecule has 6 heteroatoms. The molecule has 0 spiro atoms. The van der Waals surface area contributed by atoms with Crippen LogP contribution in [-0.2, 0) is 9.53 Å². The van der Waals surface area contributed by atoms with E-state index in [1.165, 1.54) is 0 Å². The van der Waals surface area contributed by atoms with Gasteiger partial charge in [0.2, 0.25) is 5.91 Å². The van der Waals surface area contributed by atoms with Crippen molar-refractivity contribution in [2.45, 2.75) is 32.3 Å². The van der Waals surface area contributed by atoms with E-state index in [4.69, 9.17) is 9.47 Å². The van der Waals surface area contributed by atoms with E-state index >= 15 is 0 Å². The van der Waals surface area contributed by atoms with Crippen LogP contribution in [0.1, 0.15) is 36.5 Å². The zero-order valence-corrected chi connectivity index (χ0v) is 15.4. The molecule has 0 radical (unpaired) electrons. The maximum atomic E-state index is 12.6. The summed E-state index contributed by atoms with van der Waals surface area (Å²) in [6.07, 6.45) is 2.23. The Bertz CT molecular complexity index is 800. The van der Waals surface area contributed by atoms with Gasteiger partial charge in [-0.2, -0.15) is 0 Å². The molecule has 2 N–H and O–H groups in total. The molecule has 1 aliphatic heterocycles. The highest BCUT2D eigenvalue weighted by atomic mass is 16.5. The normalized spacial score (nSPS) is 16.0. The number of amides is 2. The van der Waals surface area contributed by atoms with Gasteiger partial charge in [0.1, 0.15) is 5.75 Å². The number of ether oxygens (including phenoxy) is 2. The Balaban J connectivity index is 1.64. The molecule has 0 saturated carbocycles. The minimum absolute atomic E-state index is 0.00783. The first kappa shape index (κ1) is 18.9. The molecule has 2 aromatic carbocycles. The third-order valence-corrected chi connectivity index (χ3v) is 4.28. The third-order valence-electron chi connectivity index (χ3n) is 4.28. The first-order valence-electron chi connectivity index (χ1n) is 9.20. The molecule has 1 saturated heterocycles. The number of hydrogen-bond acceptors (Lipinski definition) is 4. The van der Waals surface area contributed by atoms with Crippen LogP contribution in [0.5, 0.6) is 5.75 Å². The van der Waals surface area contributed by atoms with Crippen molar-refractivity contribution in [1.82, 2.24) is 0 Å². The average molecular weight is 368 g/mol. The molecule has 142 valence electrons. The molecule has 1 atom stereocenters. The van der Waals surface area contributed by atoms with Gasteiger partial charge in [-0.15, -0.1) is 0 Å². The largest absolute Gasteiger partial charge is 0.492 e. The lowest BCUT2D eigenvalue weighted by Gasteiger charge is -2.12. The predicted molar refractivity (Wildman–Crippen MR) is 104 cm³/mol. The van der Waals surface area contributed by atoms with Crippen molar-refractivity contribution in [2.24, 2.45) is 0 Å². The van der Waals surface area contributed by atoms with E-state index in [0.29, 0.717) is 35.7 Å². The highest BCUT2D eigenvalue weighted by Crippen LogP contribution is 2.24. The molecule has 2 aromatic rings. The van der Waals surface area contributed by atoms with Crippen LogP contribution >= 0.6 is 0 Å². The Labute approximate surface area is 158 Å². The van der Waals surface area contributed by atoms with Gasteiger partial charge < -0.3 is 20.1 Å². The number of benzene rings is 2. The third kappa shape index (κ3) is 5.31. The van der Waals surface area contributed by atoms with Gasteiger partial charge in [0.25, 0.3) is 5.91 Å². The van der Waals surface area contributed by atoms with E-state index in [2.05, 4.69) is 10.6 Å². The lowest BCUT2D eigenvalue weighted by molar-refractivity contribution is -0.118. The van der Waals surface area contributed by atoms with Gasteiger partial charge in [0.05, 0.1) is 24.8 Å². The van der Waals surface area contributed by atoms with Gasteiger partial charge in [-0.25, -0.2) is 0 Å². The van der Waals surface area contributed by atoms with Gasteiger partial charge >= 0.3 is 0 Å². The summed E-state index contributed by atoms with van der Waals surface area (Å²) in [5.41, 5.74) is 1.65. The monoisotopic (exact) mass is 368 g/mol. The Morgan fingerprint density at radius 2 is 2.00 bits per heavy atom. The Morgan fingerprint density at radius 1 is 1.15 bits per heavy atom. The van der Waals surface area contributed by atoms with E-state index in [9.17, 15) is 9.59 Å². The van der Waals surface area contributed by atoms with Crippen molar-refractivity contribution in [3.05, 3.63) is 54.1 Å². The summed E-state index contributed by atoms with van der Waals surface area (Å²) in [6.45, 7) is 3.12. The maximum absolute atomic E-state index is 12.6. The summed E-state index contributed by atoms with van der Waals surface area (Å²) in [6, 6.07) is 14.1. The van der Waals surface area contributed by atoms with Gasteiger partial charge in [0, 0.05) is 17.9 Å². The first-order valence-corrected chi connectivity index (χ1v) is 9.20. The van der Waals surface area contributed by atoms with Crippen molar-refractivity contribution >= 4 is 23.2 Å². The molecule has 0 bridgehead atoms. The summed E-state index contributed by atoms with van der Waals surface area (Å²) in [4.78, 5) is 24.7. The quantitative estimate of drug-likeness (QED) is 0.778. The zero-order valence-electron chi connectivity index (χ0n) is 15.4. The van der Waals surface area contributed by atoms with Crippen molar-refractivity contribution in [3.8, 4) is 5.75 Å².